The molecule has 19 heavy (non-hydrogen) atoms. The van der Waals surface area contributed by atoms with Crippen molar-refractivity contribution in [3.8, 4) is 0 Å². The van der Waals surface area contributed by atoms with Gasteiger partial charge in [-0.05, 0) is 25.0 Å². The maximum atomic E-state index is 11.5. The molecule has 0 spiro atoms. The zero-order chi connectivity index (χ0) is 13.5. The van der Waals surface area contributed by atoms with Crippen molar-refractivity contribution in [2.24, 2.45) is 5.14 Å². The highest BCUT2D eigenvalue weighted by Gasteiger charge is 2.29. The first-order valence-corrected chi connectivity index (χ1v) is 8.59. The van der Waals surface area contributed by atoms with Gasteiger partial charge in [-0.3, -0.25) is 0 Å². The van der Waals surface area contributed by atoms with E-state index in [9.17, 15) is 8.42 Å². The van der Waals surface area contributed by atoms with Gasteiger partial charge in [0, 0.05) is 13.1 Å². The number of nitrogens with zero attached hydrogens (tertiary/aromatic N) is 2. The molecule has 2 heterocycles. The number of rotatable bonds is 2. The average Bonchev–Trinajstić information content (AvgIpc) is 2.81. The van der Waals surface area contributed by atoms with Crippen LogP contribution < -0.4 is 10.0 Å². The van der Waals surface area contributed by atoms with Crippen molar-refractivity contribution in [1.82, 2.24) is 4.98 Å². The van der Waals surface area contributed by atoms with E-state index in [2.05, 4.69) is 4.98 Å². The molecule has 0 amide bonds. The van der Waals surface area contributed by atoms with E-state index >= 15 is 0 Å². The average molecular weight is 297 g/mol. The number of nitrogens with two attached hydrogens (primary N) is 1. The van der Waals surface area contributed by atoms with E-state index in [4.69, 9.17) is 5.14 Å². The molecular weight excluding hydrogens is 282 g/mol. The molecule has 7 heteroatoms. The third kappa shape index (κ3) is 2.58. The van der Waals surface area contributed by atoms with E-state index in [0.29, 0.717) is 13.0 Å². The highest BCUT2D eigenvalue weighted by Crippen LogP contribution is 2.30. The van der Waals surface area contributed by atoms with Crippen LogP contribution in [-0.2, 0) is 10.0 Å². The van der Waals surface area contributed by atoms with Crippen LogP contribution in [0.15, 0.2) is 24.3 Å². The fourth-order valence-electron chi connectivity index (χ4n) is 2.38. The molecule has 2 N–H and O–H groups in total. The zero-order valence-electron chi connectivity index (χ0n) is 10.3. The first-order chi connectivity index (χ1) is 9.04. The van der Waals surface area contributed by atoms with E-state index < -0.39 is 15.3 Å². The summed E-state index contributed by atoms with van der Waals surface area (Å²) in [7, 11) is -3.46. The van der Waals surface area contributed by atoms with E-state index in [0.717, 1.165) is 28.3 Å². The first kappa shape index (κ1) is 12.8. The van der Waals surface area contributed by atoms with Gasteiger partial charge in [-0.2, -0.15) is 0 Å². The number of sulfonamides is 1. The van der Waals surface area contributed by atoms with Crippen molar-refractivity contribution in [2.45, 2.75) is 18.1 Å². The molecule has 3 rings (SSSR count). The predicted octanol–water partition coefficient (Wildman–Crippen LogP) is 1.55. The van der Waals surface area contributed by atoms with Crippen LogP contribution in [0.4, 0.5) is 5.13 Å². The molecule has 1 aromatic heterocycles. The lowest BCUT2D eigenvalue weighted by molar-refractivity contribution is 0.532. The van der Waals surface area contributed by atoms with Crippen LogP contribution >= 0.6 is 11.3 Å². The quantitative estimate of drug-likeness (QED) is 0.912. The van der Waals surface area contributed by atoms with Crippen molar-refractivity contribution in [1.29, 1.82) is 0 Å². The van der Waals surface area contributed by atoms with Gasteiger partial charge in [0.05, 0.1) is 15.5 Å². The SMILES string of the molecule is NS(=O)(=O)C1CCCN(c2nc3ccccc3s2)C1. The highest BCUT2D eigenvalue weighted by atomic mass is 32.2. The van der Waals surface area contributed by atoms with Gasteiger partial charge in [0.15, 0.2) is 5.13 Å². The second-order valence-corrected chi connectivity index (χ2v) is 7.62. The van der Waals surface area contributed by atoms with Crippen LogP contribution in [0.5, 0.6) is 0 Å². The number of hydrogen-bond acceptors (Lipinski definition) is 5. The molecule has 2 aromatic rings. The topological polar surface area (TPSA) is 76.3 Å². The lowest BCUT2D eigenvalue weighted by Gasteiger charge is -2.31. The minimum atomic E-state index is -3.46. The number of primary sulfonamides is 1. The molecule has 0 saturated carbocycles. The summed E-state index contributed by atoms with van der Waals surface area (Å²) in [5, 5.41) is 5.66. The Morgan fingerprint density at radius 1 is 1.37 bits per heavy atom. The van der Waals surface area contributed by atoms with Crippen LogP contribution in [0.1, 0.15) is 12.8 Å². The largest absolute Gasteiger partial charge is 0.347 e. The Labute approximate surface area is 116 Å². The maximum absolute atomic E-state index is 11.5. The van der Waals surface area contributed by atoms with Crippen molar-refractivity contribution in [2.75, 3.05) is 18.0 Å². The van der Waals surface area contributed by atoms with E-state index in [1.165, 1.54) is 0 Å². The van der Waals surface area contributed by atoms with Crippen molar-refractivity contribution < 1.29 is 8.42 Å². The Kier molecular flexibility index (Phi) is 3.20. The highest BCUT2D eigenvalue weighted by molar-refractivity contribution is 7.89. The van der Waals surface area contributed by atoms with Gasteiger partial charge in [-0.15, -0.1) is 0 Å². The van der Waals surface area contributed by atoms with Gasteiger partial charge in [0.25, 0.3) is 0 Å². The Morgan fingerprint density at radius 2 is 2.16 bits per heavy atom. The summed E-state index contributed by atoms with van der Waals surface area (Å²) >= 11 is 1.60. The fourth-order valence-corrected chi connectivity index (χ4v) is 4.26. The summed E-state index contributed by atoms with van der Waals surface area (Å²) in [5.74, 6) is 0. The molecule has 102 valence electrons. The molecule has 1 fully saturated rings. The number of para-hydroxylation sites is 1. The Hall–Kier alpha value is -1.18. The molecule has 0 radical (unpaired) electrons. The summed E-state index contributed by atoms with van der Waals surface area (Å²) < 4.78 is 24.1. The van der Waals surface area contributed by atoms with Crippen LogP contribution in [0.3, 0.4) is 0 Å². The normalized spacial score (nSPS) is 20.9. The third-order valence-electron chi connectivity index (χ3n) is 3.40. The molecule has 1 unspecified atom stereocenters. The standard InChI is InChI=1S/C12H15N3O2S2/c13-19(16,17)9-4-3-7-15(8-9)12-14-10-5-1-2-6-11(10)18-12/h1-2,5-6,9H,3-4,7-8H2,(H2,13,16,17). The summed E-state index contributed by atoms with van der Waals surface area (Å²) in [5.41, 5.74) is 0.959. The maximum Gasteiger partial charge on any atom is 0.213 e. The molecule has 0 aliphatic carbocycles. The molecular formula is C12H15N3O2S2. The fraction of sp³-hybridized carbons (Fsp3) is 0.417. The lowest BCUT2D eigenvalue weighted by Crippen LogP contribution is -2.44. The van der Waals surface area contributed by atoms with Gasteiger partial charge in [-0.25, -0.2) is 18.5 Å². The lowest BCUT2D eigenvalue weighted by atomic mass is 10.1. The van der Waals surface area contributed by atoms with Crippen molar-refractivity contribution in [3.63, 3.8) is 0 Å². The second kappa shape index (κ2) is 4.73. The van der Waals surface area contributed by atoms with Gasteiger partial charge in [0.1, 0.15) is 0 Å². The molecule has 1 atom stereocenters. The summed E-state index contributed by atoms with van der Waals surface area (Å²) in [6.07, 6.45) is 1.47. The number of piperidine rings is 1. The molecule has 1 aliphatic rings. The number of hydrogen-bond donors (Lipinski definition) is 1. The zero-order valence-corrected chi connectivity index (χ0v) is 12.0. The van der Waals surface area contributed by atoms with Gasteiger partial charge >= 0.3 is 0 Å². The van der Waals surface area contributed by atoms with Gasteiger partial charge < -0.3 is 4.90 Å². The Morgan fingerprint density at radius 3 is 2.89 bits per heavy atom. The van der Waals surface area contributed by atoms with Crippen LogP contribution in [0, 0.1) is 0 Å². The summed E-state index contributed by atoms with van der Waals surface area (Å²) in [6, 6.07) is 7.93. The van der Waals surface area contributed by atoms with Gasteiger partial charge in [-0.1, -0.05) is 23.5 Å². The third-order valence-corrected chi connectivity index (χ3v) is 5.81. The van der Waals surface area contributed by atoms with Crippen molar-refractivity contribution in [3.05, 3.63) is 24.3 Å². The number of benzene rings is 1. The molecule has 1 saturated heterocycles. The smallest absolute Gasteiger partial charge is 0.213 e. The molecule has 1 aliphatic heterocycles. The number of fused-ring (bicyclic) bond motifs is 1. The second-order valence-electron chi connectivity index (χ2n) is 4.76. The van der Waals surface area contributed by atoms with E-state index in [1.807, 2.05) is 29.2 Å². The van der Waals surface area contributed by atoms with Crippen LogP contribution in [0.2, 0.25) is 0 Å². The van der Waals surface area contributed by atoms with Gasteiger partial charge in [0.2, 0.25) is 10.0 Å². The number of thiazole rings is 1. The van der Waals surface area contributed by atoms with E-state index in [-0.39, 0.29) is 0 Å². The molecule has 1 aromatic carbocycles. The first-order valence-electron chi connectivity index (χ1n) is 6.16. The predicted molar refractivity (Wildman–Crippen MR) is 78.0 cm³/mol. The van der Waals surface area contributed by atoms with Crippen molar-refractivity contribution >= 4 is 36.7 Å². The van der Waals surface area contributed by atoms with Crippen LogP contribution in [-0.4, -0.2) is 31.7 Å². The minimum absolute atomic E-state index is 0.443. The molecule has 5 nitrogen and oxygen atoms in total. The minimum Gasteiger partial charge on any atom is -0.347 e. The summed E-state index contributed by atoms with van der Waals surface area (Å²) in [6.45, 7) is 1.28. The Bertz CT molecular complexity index is 663. The molecule has 0 bridgehead atoms. The summed E-state index contributed by atoms with van der Waals surface area (Å²) in [4.78, 5) is 6.59. The van der Waals surface area contributed by atoms with E-state index in [1.54, 1.807) is 11.3 Å². The number of aromatic nitrogens is 1. The Balaban J connectivity index is 1.89. The monoisotopic (exact) mass is 297 g/mol. The number of anilines is 1. The van der Waals surface area contributed by atoms with Crippen LogP contribution in [0.25, 0.3) is 10.2 Å².